The Morgan fingerprint density at radius 1 is 1.50 bits per heavy atom. The second-order valence-electron chi connectivity index (χ2n) is 1.91. The highest BCUT2D eigenvalue weighted by atomic mass is 35.5. The lowest BCUT2D eigenvalue weighted by Crippen LogP contribution is -1.95. The lowest BCUT2D eigenvalue weighted by atomic mass is 10.4. The molecular weight excluding hydrogens is 168 g/mol. The van der Waals surface area contributed by atoms with Crippen molar-refractivity contribution in [1.82, 2.24) is 0 Å². The van der Waals surface area contributed by atoms with Gasteiger partial charge in [-0.3, -0.25) is 0 Å². The van der Waals surface area contributed by atoms with Crippen LogP contribution in [0.1, 0.15) is 0 Å². The maximum absolute atomic E-state index is 10.9. The summed E-state index contributed by atoms with van der Waals surface area (Å²) in [6, 6.07) is 7.05. The van der Waals surface area contributed by atoms with E-state index in [2.05, 4.69) is 0 Å². The SMILES string of the molecule is C[S@+]([O-])c1cccc(Cl)c1. The van der Waals surface area contributed by atoms with Crippen LogP contribution in [0.2, 0.25) is 5.02 Å². The van der Waals surface area contributed by atoms with E-state index < -0.39 is 11.2 Å². The number of rotatable bonds is 1. The molecule has 0 aliphatic heterocycles. The van der Waals surface area contributed by atoms with Crippen molar-refractivity contribution in [3.8, 4) is 0 Å². The summed E-state index contributed by atoms with van der Waals surface area (Å²) >= 11 is 4.73. The molecule has 0 unspecified atom stereocenters. The highest BCUT2D eigenvalue weighted by molar-refractivity contribution is 7.90. The van der Waals surface area contributed by atoms with Gasteiger partial charge in [0.1, 0.15) is 6.26 Å². The fraction of sp³-hybridized carbons (Fsp3) is 0.143. The Bertz CT molecular complexity index is 225. The molecule has 0 amide bonds. The van der Waals surface area contributed by atoms with Crippen LogP contribution in [-0.4, -0.2) is 10.8 Å². The fourth-order valence-electron chi connectivity index (χ4n) is 0.646. The Kier molecular flexibility index (Phi) is 2.60. The van der Waals surface area contributed by atoms with Crippen molar-refractivity contribution in [3.05, 3.63) is 29.3 Å². The molecule has 54 valence electrons. The molecule has 0 spiro atoms. The van der Waals surface area contributed by atoms with Crippen LogP contribution >= 0.6 is 11.6 Å². The van der Waals surface area contributed by atoms with Crippen molar-refractivity contribution in [2.75, 3.05) is 6.26 Å². The summed E-state index contributed by atoms with van der Waals surface area (Å²) in [7, 11) is 0. The van der Waals surface area contributed by atoms with Crippen LogP contribution in [-0.2, 0) is 11.2 Å². The van der Waals surface area contributed by atoms with E-state index >= 15 is 0 Å². The van der Waals surface area contributed by atoms with Gasteiger partial charge in [0.25, 0.3) is 0 Å². The summed E-state index contributed by atoms with van der Waals surface area (Å²) < 4.78 is 10.9. The molecule has 3 heteroatoms. The first-order chi connectivity index (χ1) is 4.70. The zero-order valence-corrected chi connectivity index (χ0v) is 7.08. The third kappa shape index (κ3) is 1.90. The molecule has 0 saturated heterocycles. The van der Waals surface area contributed by atoms with Crippen LogP contribution < -0.4 is 0 Å². The summed E-state index contributed by atoms with van der Waals surface area (Å²) in [5.41, 5.74) is 0. The largest absolute Gasteiger partial charge is 0.612 e. The monoisotopic (exact) mass is 174 g/mol. The van der Waals surface area contributed by atoms with Gasteiger partial charge in [0.15, 0.2) is 4.90 Å². The van der Waals surface area contributed by atoms with Crippen molar-refractivity contribution in [2.45, 2.75) is 4.90 Å². The highest BCUT2D eigenvalue weighted by Gasteiger charge is 2.01. The van der Waals surface area contributed by atoms with Gasteiger partial charge >= 0.3 is 0 Å². The van der Waals surface area contributed by atoms with Crippen molar-refractivity contribution in [2.24, 2.45) is 0 Å². The van der Waals surface area contributed by atoms with Crippen LogP contribution in [0.4, 0.5) is 0 Å². The molecule has 0 saturated carbocycles. The van der Waals surface area contributed by atoms with Crippen LogP contribution in [0.25, 0.3) is 0 Å². The third-order valence-electron chi connectivity index (χ3n) is 1.13. The van der Waals surface area contributed by atoms with E-state index in [-0.39, 0.29) is 0 Å². The van der Waals surface area contributed by atoms with Gasteiger partial charge in [-0.05, 0) is 23.3 Å². The normalized spacial score (nSPS) is 13.1. The second kappa shape index (κ2) is 3.28. The van der Waals surface area contributed by atoms with E-state index in [4.69, 9.17) is 11.6 Å². The molecule has 0 fully saturated rings. The van der Waals surface area contributed by atoms with Crippen molar-refractivity contribution in [1.29, 1.82) is 0 Å². The summed E-state index contributed by atoms with van der Waals surface area (Å²) in [5, 5.41) is 0.632. The second-order valence-corrected chi connectivity index (χ2v) is 3.73. The van der Waals surface area contributed by atoms with Crippen LogP contribution in [0.15, 0.2) is 29.2 Å². The first kappa shape index (κ1) is 7.92. The first-order valence-electron chi connectivity index (χ1n) is 2.79. The lowest BCUT2D eigenvalue weighted by Gasteiger charge is -2.02. The topological polar surface area (TPSA) is 23.1 Å². The Hall–Kier alpha value is -0.180. The first-order valence-corrected chi connectivity index (χ1v) is 4.73. The Labute approximate surface area is 68.2 Å². The third-order valence-corrected chi connectivity index (χ3v) is 2.28. The van der Waals surface area contributed by atoms with E-state index in [1.165, 1.54) is 0 Å². The Morgan fingerprint density at radius 3 is 2.60 bits per heavy atom. The fourth-order valence-corrected chi connectivity index (χ4v) is 1.46. The lowest BCUT2D eigenvalue weighted by molar-refractivity contribution is 0.601. The molecule has 1 rings (SSSR count). The van der Waals surface area contributed by atoms with Gasteiger partial charge < -0.3 is 4.55 Å². The maximum atomic E-state index is 10.9. The molecule has 0 aliphatic rings. The van der Waals surface area contributed by atoms with Gasteiger partial charge in [-0.25, -0.2) is 0 Å². The molecule has 0 aliphatic carbocycles. The zero-order valence-electron chi connectivity index (χ0n) is 5.50. The van der Waals surface area contributed by atoms with Crippen LogP contribution in [0.5, 0.6) is 0 Å². The van der Waals surface area contributed by atoms with Crippen molar-refractivity contribution >= 4 is 22.8 Å². The van der Waals surface area contributed by atoms with Gasteiger partial charge in [-0.2, -0.15) is 0 Å². The summed E-state index contributed by atoms with van der Waals surface area (Å²) in [6.45, 7) is 0. The minimum atomic E-state index is -0.924. The molecular formula is C7H7ClOS. The molecule has 1 nitrogen and oxygen atoms in total. The van der Waals surface area contributed by atoms with Gasteiger partial charge in [0.2, 0.25) is 0 Å². The molecule has 0 radical (unpaired) electrons. The molecule has 0 aromatic heterocycles. The zero-order chi connectivity index (χ0) is 7.56. The Morgan fingerprint density at radius 2 is 2.20 bits per heavy atom. The van der Waals surface area contributed by atoms with Gasteiger partial charge in [-0.1, -0.05) is 17.7 Å². The molecule has 1 atom stereocenters. The standard InChI is InChI=1S/C7H7ClOS/c1-10(9)7-4-2-3-6(8)5-7/h2-5H,1H3/t10-/m0/s1. The van der Waals surface area contributed by atoms with Crippen LogP contribution in [0.3, 0.4) is 0 Å². The predicted octanol–water partition coefficient (Wildman–Crippen LogP) is 2.08. The molecule has 10 heavy (non-hydrogen) atoms. The van der Waals surface area contributed by atoms with Crippen molar-refractivity contribution < 1.29 is 4.55 Å². The van der Waals surface area contributed by atoms with Gasteiger partial charge in [-0.15, -0.1) is 0 Å². The highest BCUT2D eigenvalue weighted by Crippen LogP contribution is 2.14. The molecule has 0 bridgehead atoms. The summed E-state index contributed by atoms with van der Waals surface area (Å²) in [6.07, 6.45) is 1.63. The van der Waals surface area contributed by atoms with Crippen LogP contribution in [0, 0.1) is 0 Å². The summed E-state index contributed by atoms with van der Waals surface area (Å²) in [5.74, 6) is 0. The minimum absolute atomic E-state index is 0.632. The van der Waals surface area contributed by atoms with E-state index in [1.807, 2.05) is 0 Å². The summed E-state index contributed by atoms with van der Waals surface area (Å²) in [4.78, 5) is 0.771. The van der Waals surface area contributed by atoms with E-state index in [0.717, 1.165) is 4.90 Å². The van der Waals surface area contributed by atoms with Gasteiger partial charge in [0.05, 0.1) is 0 Å². The smallest absolute Gasteiger partial charge is 0.153 e. The maximum Gasteiger partial charge on any atom is 0.153 e. The van der Waals surface area contributed by atoms with E-state index in [1.54, 1.807) is 30.5 Å². The molecule has 1 aromatic rings. The van der Waals surface area contributed by atoms with Gasteiger partial charge in [0, 0.05) is 11.1 Å². The minimum Gasteiger partial charge on any atom is -0.612 e. The number of benzene rings is 1. The van der Waals surface area contributed by atoms with Crippen molar-refractivity contribution in [3.63, 3.8) is 0 Å². The number of hydrogen-bond donors (Lipinski definition) is 0. The number of halogens is 1. The quantitative estimate of drug-likeness (QED) is 0.598. The van der Waals surface area contributed by atoms with E-state index in [0.29, 0.717) is 5.02 Å². The molecule has 1 aromatic carbocycles. The average Bonchev–Trinajstić information content (AvgIpc) is 1.88. The predicted molar refractivity (Wildman–Crippen MR) is 43.8 cm³/mol. The Balaban J connectivity index is 2.96. The molecule has 0 N–H and O–H groups in total. The van der Waals surface area contributed by atoms with E-state index in [9.17, 15) is 4.55 Å². The number of hydrogen-bond acceptors (Lipinski definition) is 1. The molecule has 0 heterocycles. The average molecular weight is 175 g/mol.